The molecule has 3 rings (SSSR count). The number of nitrogens with zero attached hydrogens (tertiary/aromatic N) is 2. The van der Waals surface area contributed by atoms with Gasteiger partial charge in [0.25, 0.3) is 5.91 Å². The zero-order valence-electron chi connectivity index (χ0n) is 16.0. The molecule has 1 aromatic carbocycles. The number of carbonyl (C=O) groups excluding carboxylic acids is 2. The Balaban J connectivity index is 1.73. The lowest BCUT2D eigenvalue weighted by molar-refractivity contribution is -0.137. The van der Waals surface area contributed by atoms with Crippen LogP contribution in [-0.4, -0.2) is 45.3 Å². The van der Waals surface area contributed by atoms with E-state index in [9.17, 15) is 14.4 Å². The molecule has 2 amide bonds. The Morgan fingerprint density at radius 1 is 1.29 bits per heavy atom. The second-order valence-electron chi connectivity index (χ2n) is 6.96. The SMILES string of the molecule is Cc1nn(-c2ccc(C(=O)NC3CCCNC3=O)cc2)c(C)c1CCC(=O)O. The van der Waals surface area contributed by atoms with E-state index < -0.39 is 12.0 Å². The molecule has 1 unspecified atom stereocenters. The maximum absolute atomic E-state index is 12.4. The van der Waals surface area contributed by atoms with Crippen LogP contribution in [0.4, 0.5) is 0 Å². The third kappa shape index (κ3) is 4.21. The first-order valence-corrected chi connectivity index (χ1v) is 9.32. The first kappa shape index (κ1) is 19.6. The van der Waals surface area contributed by atoms with Crippen molar-refractivity contribution >= 4 is 17.8 Å². The highest BCUT2D eigenvalue weighted by Gasteiger charge is 2.24. The summed E-state index contributed by atoms with van der Waals surface area (Å²) in [6, 6.07) is 6.47. The summed E-state index contributed by atoms with van der Waals surface area (Å²) >= 11 is 0. The van der Waals surface area contributed by atoms with Crippen LogP contribution >= 0.6 is 0 Å². The van der Waals surface area contributed by atoms with Gasteiger partial charge in [-0.25, -0.2) is 4.68 Å². The Labute approximate surface area is 162 Å². The van der Waals surface area contributed by atoms with Crippen molar-refractivity contribution in [2.24, 2.45) is 0 Å². The molecule has 28 heavy (non-hydrogen) atoms. The molecule has 1 aromatic heterocycles. The molecular formula is C20H24N4O4. The molecule has 1 aliphatic rings. The summed E-state index contributed by atoms with van der Waals surface area (Å²) in [5.41, 5.74) is 3.86. The molecule has 148 valence electrons. The fraction of sp³-hybridized carbons (Fsp3) is 0.400. The summed E-state index contributed by atoms with van der Waals surface area (Å²) in [6.07, 6.45) is 1.97. The molecule has 2 heterocycles. The molecule has 0 radical (unpaired) electrons. The second-order valence-corrected chi connectivity index (χ2v) is 6.96. The van der Waals surface area contributed by atoms with E-state index in [-0.39, 0.29) is 18.2 Å². The summed E-state index contributed by atoms with van der Waals surface area (Å²) in [5.74, 6) is -1.27. The van der Waals surface area contributed by atoms with E-state index in [0.717, 1.165) is 29.1 Å². The number of hydrogen-bond acceptors (Lipinski definition) is 4. The van der Waals surface area contributed by atoms with Gasteiger partial charge in [-0.2, -0.15) is 5.10 Å². The monoisotopic (exact) mass is 384 g/mol. The van der Waals surface area contributed by atoms with E-state index in [1.54, 1.807) is 28.9 Å². The lowest BCUT2D eigenvalue weighted by Crippen LogP contribution is -2.50. The number of carbonyl (C=O) groups is 3. The minimum absolute atomic E-state index is 0.0568. The number of hydrogen-bond donors (Lipinski definition) is 3. The summed E-state index contributed by atoms with van der Waals surface area (Å²) in [7, 11) is 0. The van der Waals surface area contributed by atoms with Crippen LogP contribution in [0.15, 0.2) is 24.3 Å². The average Bonchev–Trinajstić information content (AvgIpc) is 2.95. The number of amides is 2. The van der Waals surface area contributed by atoms with E-state index in [2.05, 4.69) is 15.7 Å². The fourth-order valence-corrected chi connectivity index (χ4v) is 3.43. The molecule has 1 fully saturated rings. The molecule has 2 aromatic rings. The highest BCUT2D eigenvalue weighted by atomic mass is 16.4. The normalized spacial score (nSPS) is 16.5. The van der Waals surface area contributed by atoms with Crippen LogP contribution in [0, 0.1) is 13.8 Å². The zero-order valence-corrected chi connectivity index (χ0v) is 16.0. The van der Waals surface area contributed by atoms with Gasteiger partial charge in [-0.1, -0.05) is 0 Å². The van der Waals surface area contributed by atoms with Gasteiger partial charge in [-0.3, -0.25) is 14.4 Å². The number of piperidine rings is 1. The summed E-state index contributed by atoms with van der Waals surface area (Å²) in [6.45, 7) is 4.41. The maximum atomic E-state index is 12.4. The van der Waals surface area contributed by atoms with Crippen LogP contribution in [0.5, 0.6) is 0 Å². The number of aliphatic carboxylic acids is 1. The van der Waals surface area contributed by atoms with Gasteiger partial charge in [0.2, 0.25) is 5.91 Å². The van der Waals surface area contributed by atoms with Crippen LogP contribution in [0.2, 0.25) is 0 Å². The highest BCUT2D eigenvalue weighted by molar-refractivity contribution is 5.97. The first-order chi connectivity index (χ1) is 13.4. The number of aromatic nitrogens is 2. The van der Waals surface area contributed by atoms with Crippen LogP contribution in [0.1, 0.15) is 46.6 Å². The van der Waals surface area contributed by atoms with Gasteiger partial charge in [0.15, 0.2) is 0 Å². The van der Waals surface area contributed by atoms with Gasteiger partial charge in [0.1, 0.15) is 6.04 Å². The third-order valence-electron chi connectivity index (χ3n) is 4.99. The Kier molecular flexibility index (Phi) is 5.77. The molecule has 0 spiro atoms. The van der Waals surface area contributed by atoms with Crippen molar-refractivity contribution in [3.05, 3.63) is 46.8 Å². The van der Waals surface area contributed by atoms with Crippen molar-refractivity contribution in [3.8, 4) is 5.69 Å². The third-order valence-corrected chi connectivity index (χ3v) is 4.99. The molecule has 3 N–H and O–H groups in total. The molecular weight excluding hydrogens is 360 g/mol. The topological polar surface area (TPSA) is 113 Å². The second kappa shape index (κ2) is 8.24. The number of carboxylic acid groups (broad SMARTS) is 1. The van der Waals surface area contributed by atoms with Crippen LogP contribution in [-0.2, 0) is 16.0 Å². The van der Waals surface area contributed by atoms with Gasteiger partial charge in [0.05, 0.1) is 11.4 Å². The number of aryl methyl sites for hydroxylation is 1. The van der Waals surface area contributed by atoms with E-state index in [0.29, 0.717) is 24.9 Å². The number of benzene rings is 1. The summed E-state index contributed by atoms with van der Waals surface area (Å²) in [4.78, 5) is 35.1. The van der Waals surface area contributed by atoms with Gasteiger partial charge in [0, 0.05) is 24.2 Å². The van der Waals surface area contributed by atoms with Gasteiger partial charge < -0.3 is 15.7 Å². The molecule has 8 nitrogen and oxygen atoms in total. The van der Waals surface area contributed by atoms with Crippen molar-refractivity contribution in [3.63, 3.8) is 0 Å². The van der Waals surface area contributed by atoms with E-state index in [1.165, 1.54) is 0 Å². The number of carboxylic acids is 1. The first-order valence-electron chi connectivity index (χ1n) is 9.32. The average molecular weight is 384 g/mol. The Morgan fingerprint density at radius 3 is 2.64 bits per heavy atom. The maximum Gasteiger partial charge on any atom is 0.303 e. The Morgan fingerprint density at radius 2 is 2.00 bits per heavy atom. The van der Waals surface area contributed by atoms with Crippen molar-refractivity contribution in [2.75, 3.05) is 6.54 Å². The minimum Gasteiger partial charge on any atom is -0.481 e. The summed E-state index contributed by atoms with van der Waals surface area (Å²) < 4.78 is 1.75. The van der Waals surface area contributed by atoms with Crippen molar-refractivity contribution in [1.29, 1.82) is 0 Å². The van der Waals surface area contributed by atoms with E-state index in [4.69, 9.17) is 5.11 Å². The standard InChI is InChI=1S/C20H24N4O4/c1-12-16(9-10-18(25)26)13(2)24(23-12)15-7-5-14(6-8-15)19(27)22-17-4-3-11-21-20(17)28/h5-8,17H,3-4,9-11H2,1-2H3,(H,21,28)(H,22,27)(H,25,26). The van der Waals surface area contributed by atoms with Gasteiger partial charge >= 0.3 is 5.97 Å². The number of nitrogens with one attached hydrogen (secondary N) is 2. The van der Waals surface area contributed by atoms with E-state index >= 15 is 0 Å². The smallest absolute Gasteiger partial charge is 0.303 e. The van der Waals surface area contributed by atoms with Gasteiger partial charge in [-0.05, 0) is 62.9 Å². The van der Waals surface area contributed by atoms with Crippen molar-refractivity contribution in [2.45, 2.75) is 45.6 Å². The molecule has 0 saturated carbocycles. The molecule has 0 aliphatic carbocycles. The lowest BCUT2D eigenvalue weighted by Gasteiger charge is -2.22. The van der Waals surface area contributed by atoms with Crippen molar-refractivity contribution in [1.82, 2.24) is 20.4 Å². The minimum atomic E-state index is -0.839. The summed E-state index contributed by atoms with van der Waals surface area (Å²) in [5, 5.41) is 18.9. The molecule has 1 atom stereocenters. The Hall–Kier alpha value is -3.16. The largest absolute Gasteiger partial charge is 0.481 e. The molecule has 1 aliphatic heterocycles. The van der Waals surface area contributed by atoms with Gasteiger partial charge in [-0.15, -0.1) is 0 Å². The predicted octanol–water partition coefficient (Wildman–Crippen LogP) is 1.51. The number of rotatable bonds is 6. The Bertz CT molecular complexity index is 902. The lowest BCUT2D eigenvalue weighted by atomic mass is 10.1. The highest BCUT2D eigenvalue weighted by Crippen LogP contribution is 2.20. The molecule has 0 bridgehead atoms. The van der Waals surface area contributed by atoms with Crippen LogP contribution < -0.4 is 10.6 Å². The van der Waals surface area contributed by atoms with Crippen LogP contribution in [0.3, 0.4) is 0 Å². The van der Waals surface area contributed by atoms with E-state index in [1.807, 2.05) is 13.8 Å². The van der Waals surface area contributed by atoms with Crippen molar-refractivity contribution < 1.29 is 19.5 Å². The van der Waals surface area contributed by atoms with Crippen LogP contribution in [0.25, 0.3) is 5.69 Å². The molecule has 1 saturated heterocycles. The quantitative estimate of drug-likeness (QED) is 0.699. The fourth-order valence-electron chi connectivity index (χ4n) is 3.43. The molecule has 8 heteroatoms. The predicted molar refractivity (Wildman–Crippen MR) is 102 cm³/mol. The zero-order chi connectivity index (χ0) is 20.3.